The molecule has 1 amide bonds. The number of carbonyl (C=O) groups excluding carboxylic acids is 1. The molecule has 0 fully saturated rings. The minimum atomic E-state index is -0.205. The Morgan fingerprint density at radius 3 is 2.50 bits per heavy atom. The minimum Gasteiger partial charge on any atom is -0.493 e. The van der Waals surface area contributed by atoms with Gasteiger partial charge in [0.05, 0.1) is 25.4 Å². The molecule has 6 heteroatoms. The molecule has 3 aromatic rings. The topological polar surface area (TPSA) is 60.5 Å². The van der Waals surface area contributed by atoms with Gasteiger partial charge in [0, 0.05) is 17.3 Å². The molecule has 0 saturated carbocycles. The molecule has 0 radical (unpaired) electrons. The van der Waals surface area contributed by atoms with E-state index in [0.29, 0.717) is 27.8 Å². The maximum absolute atomic E-state index is 12.6. The van der Waals surface area contributed by atoms with E-state index in [9.17, 15) is 4.79 Å². The third-order valence-corrected chi connectivity index (χ3v) is 4.29. The van der Waals surface area contributed by atoms with Crippen LogP contribution in [0.2, 0.25) is 0 Å². The number of nitrogens with one attached hydrogen (secondary N) is 1. The molecule has 3 rings (SSSR count). The number of ether oxygens (including phenoxy) is 2. The zero-order valence-electron chi connectivity index (χ0n) is 13.3. The predicted molar refractivity (Wildman–Crippen MR) is 95.0 cm³/mol. The van der Waals surface area contributed by atoms with Gasteiger partial charge >= 0.3 is 0 Å². The van der Waals surface area contributed by atoms with Gasteiger partial charge in [0.1, 0.15) is 4.88 Å². The first-order valence-electron chi connectivity index (χ1n) is 7.25. The summed E-state index contributed by atoms with van der Waals surface area (Å²) in [6.45, 7) is 0. The highest BCUT2D eigenvalue weighted by Gasteiger charge is 2.17. The van der Waals surface area contributed by atoms with Crippen molar-refractivity contribution in [3.8, 4) is 22.8 Å². The van der Waals surface area contributed by atoms with E-state index in [-0.39, 0.29) is 5.91 Å². The van der Waals surface area contributed by atoms with Gasteiger partial charge in [-0.05, 0) is 12.1 Å². The van der Waals surface area contributed by atoms with Gasteiger partial charge in [0.25, 0.3) is 5.91 Å². The van der Waals surface area contributed by atoms with Crippen LogP contribution in [-0.2, 0) is 0 Å². The van der Waals surface area contributed by atoms with Crippen LogP contribution in [0.5, 0.6) is 11.5 Å². The van der Waals surface area contributed by atoms with Gasteiger partial charge in [-0.2, -0.15) is 0 Å². The van der Waals surface area contributed by atoms with Gasteiger partial charge in [-0.1, -0.05) is 30.3 Å². The van der Waals surface area contributed by atoms with Gasteiger partial charge in [0.15, 0.2) is 11.5 Å². The number of aromatic nitrogens is 1. The summed E-state index contributed by atoms with van der Waals surface area (Å²) in [7, 11) is 3.12. The van der Waals surface area contributed by atoms with Gasteiger partial charge in [-0.25, -0.2) is 4.98 Å². The molecule has 0 atom stereocenters. The van der Waals surface area contributed by atoms with Crippen molar-refractivity contribution in [1.82, 2.24) is 4.98 Å². The average Bonchev–Trinajstić information content (AvgIpc) is 3.12. The van der Waals surface area contributed by atoms with Crippen LogP contribution >= 0.6 is 11.3 Å². The number of hydrogen-bond acceptors (Lipinski definition) is 5. The maximum atomic E-state index is 12.6. The molecule has 122 valence electrons. The van der Waals surface area contributed by atoms with Crippen molar-refractivity contribution in [2.24, 2.45) is 0 Å². The lowest BCUT2D eigenvalue weighted by Crippen LogP contribution is -2.11. The van der Waals surface area contributed by atoms with E-state index in [4.69, 9.17) is 9.47 Å². The van der Waals surface area contributed by atoms with Gasteiger partial charge in [-0.3, -0.25) is 4.79 Å². The molecule has 1 aromatic heterocycles. The largest absolute Gasteiger partial charge is 0.493 e. The quantitative estimate of drug-likeness (QED) is 0.760. The summed E-state index contributed by atoms with van der Waals surface area (Å²) in [5.74, 6) is 0.963. The number of anilines is 1. The molecule has 0 saturated heterocycles. The lowest BCUT2D eigenvalue weighted by atomic mass is 10.1. The van der Waals surface area contributed by atoms with E-state index < -0.39 is 0 Å². The van der Waals surface area contributed by atoms with E-state index in [1.54, 1.807) is 37.9 Å². The van der Waals surface area contributed by atoms with Crippen molar-refractivity contribution in [2.75, 3.05) is 19.5 Å². The molecule has 0 unspecified atom stereocenters. The van der Waals surface area contributed by atoms with Crippen LogP contribution in [0.25, 0.3) is 11.3 Å². The van der Waals surface area contributed by atoms with E-state index in [1.165, 1.54) is 11.3 Å². The first-order chi connectivity index (χ1) is 11.7. The monoisotopic (exact) mass is 340 g/mol. The van der Waals surface area contributed by atoms with Crippen molar-refractivity contribution in [2.45, 2.75) is 0 Å². The summed E-state index contributed by atoms with van der Waals surface area (Å²) >= 11 is 1.31. The number of amides is 1. The number of nitrogens with zero attached hydrogens (tertiary/aromatic N) is 1. The Balaban J connectivity index is 1.85. The van der Waals surface area contributed by atoms with Crippen molar-refractivity contribution in [1.29, 1.82) is 0 Å². The van der Waals surface area contributed by atoms with Crippen LogP contribution in [0.15, 0.2) is 54.0 Å². The van der Waals surface area contributed by atoms with Gasteiger partial charge in [-0.15, -0.1) is 11.3 Å². The van der Waals surface area contributed by atoms with Crippen molar-refractivity contribution < 1.29 is 14.3 Å². The van der Waals surface area contributed by atoms with Crippen LogP contribution in [0, 0.1) is 0 Å². The molecular formula is C18H16N2O3S. The summed E-state index contributed by atoms with van der Waals surface area (Å²) in [4.78, 5) is 17.5. The molecule has 0 aliphatic rings. The molecule has 0 spiro atoms. The van der Waals surface area contributed by atoms with Crippen molar-refractivity contribution in [3.05, 3.63) is 58.9 Å². The SMILES string of the molecule is COc1ccc(NC(=O)c2scnc2-c2ccccc2)cc1OC. The lowest BCUT2D eigenvalue weighted by molar-refractivity contribution is 0.103. The second kappa shape index (κ2) is 7.14. The third-order valence-electron chi connectivity index (χ3n) is 3.46. The second-order valence-corrected chi connectivity index (χ2v) is 5.77. The van der Waals surface area contributed by atoms with Crippen LogP contribution in [-0.4, -0.2) is 25.1 Å². The molecule has 1 heterocycles. The van der Waals surface area contributed by atoms with Crippen LogP contribution < -0.4 is 14.8 Å². The lowest BCUT2D eigenvalue weighted by Gasteiger charge is -2.10. The molecule has 24 heavy (non-hydrogen) atoms. The van der Waals surface area contributed by atoms with E-state index in [2.05, 4.69) is 10.3 Å². The van der Waals surface area contributed by atoms with Crippen molar-refractivity contribution >= 4 is 22.9 Å². The molecule has 1 N–H and O–H groups in total. The molecule has 0 aliphatic carbocycles. The van der Waals surface area contributed by atoms with Gasteiger partial charge < -0.3 is 14.8 Å². The molecule has 0 bridgehead atoms. The predicted octanol–water partition coefficient (Wildman–Crippen LogP) is 4.08. The van der Waals surface area contributed by atoms with Crippen LogP contribution in [0.3, 0.4) is 0 Å². The number of methoxy groups -OCH3 is 2. The summed E-state index contributed by atoms with van der Waals surface area (Å²) in [5.41, 5.74) is 3.89. The highest BCUT2D eigenvalue weighted by molar-refractivity contribution is 7.12. The summed E-state index contributed by atoms with van der Waals surface area (Å²) in [6.07, 6.45) is 0. The standard InChI is InChI=1S/C18H16N2O3S/c1-22-14-9-8-13(10-15(14)23-2)20-18(21)17-16(19-11-24-17)12-6-4-3-5-7-12/h3-11H,1-2H3,(H,20,21). The molecule has 2 aromatic carbocycles. The van der Waals surface area contributed by atoms with Crippen LogP contribution in [0.1, 0.15) is 9.67 Å². The average molecular weight is 340 g/mol. The van der Waals surface area contributed by atoms with E-state index in [1.807, 2.05) is 30.3 Å². The Labute approximate surface area is 143 Å². The van der Waals surface area contributed by atoms with Crippen molar-refractivity contribution in [3.63, 3.8) is 0 Å². The fraction of sp³-hybridized carbons (Fsp3) is 0.111. The second-order valence-electron chi connectivity index (χ2n) is 4.92. The Morgan fingerprint density at radius 1 is 1.04 bits per heavy atom. The Bertz CT molecular complexity index is 846. The zero-order valence-corrected chi connectivity index (χ0v) is 14.1. The summed E-state index contributed by atoms with van der Waals surface area (Å²) < 4.78 is 10.5. The smallest absolute Gasteiger partial charge is 0.268 e. The number of thiazole rings is 1. The zero-order chi connectivity index (χ0) is 16.9. The normalized spacial score (nSPS) is 10.2. The maximum Gasteiger partial charge on any atom is 0.268 e. The highest BCUT2D eigenvalue weighted by atomic mass is 32.1. The van der Waals surface area contributed by atoms with Gasteiger partial charge in [0.2, 0.25) is 0 Å². The fourth-order valence-corrected chi connectivity index (χ4v) is 3.01. The van der Waals surface area contributed by atoms with Crippen LogP contribution in [0.4, 0.5) is 5.69 Å². The molecule has 0 aliphatic heterocycles. The molecule has 5 nitrogen and oxygen atoms in total. The first-order valence-corrected chi connectivity index (χ1v) is 8.13. The Morgan fingerprint density at radius 2 is 1.79 bits per heavy atom. The number of rotatable bonds is 5. The highest BCUT2D eigenvalue weighted by Crippen LogP contribution is 2.31. The minimum absolute atomic E-state index is 0.205. The fourth-order valence-electron chi connectivity index (χ4n) is 2.31. The number of hydrogen-bond donors (Lipinski definition) is 1. The van der Waals surface area contributed by atoms with E-state index >= 15 is 0 Å². The third kappa shape index (κ3) is 3.23. The van der Waals surface area contributed by atoms with E-state index in [0.717, 1.165) is 5.56 Å². The molecular weight excluding hydrogens is 324 g/mol. The number of carbonyl (C=O) groups is 1. The first kappa shape index (κ1) is 16.0. The Hall–Kier alpha value is -2.86. The summed E-state index contributed by atoms with van der Waals surface area (Å²) in [5, 5.41) is 2.88. The Kier molecular flexibility index (Phi) is 4.77. The number of benzene rings is 2. The summed E-state index contributed by atoms with van der Waals surface area (Å²) in [6, 6.07) is 14.9.